The zero-order valence-electron chi connectivity index (χ0n) is 27.4. The summed E-state index contributed by atoms with van der Waals surface area (Å²) >= 11 is 0. The number of carbonyl (C=O) groups excluding carboxylic acids is 2. The topological polar surface area (TPSA) is 128 Å². The maximum atomic E-state index is 13.7. The van der Waals surface area contributed by atoms with E-state index in [2.05, 4.69) is 0 Å². The van der Waals surface area contributed by atoms with Crippen molar-refractivity contribution in [3.05, 3.63) is 95.1 Å². The molecule has 250 valence electrons. The van der Waals surface area contributed by atoms with Gasteiger partial charge in [-0.25, -0.2) is 9.59 Å². The molecule has 1 aliphatic heterocycles. The Morgan fingerprint density at radius 3 is 1.85 bits per heavy atom. The molecule has 11 nitrogen and oxygen atoms in total. The monoisotopic (exact) mass is 656 g/mol. The SMILES string of the molecule is COc1cc2c(c(OC)c1OC)-c1c(cc3c(c1OC)OCO3)[C@@H](OC(=O)c1ccccc1)[C@H](C)[C@](C)(O)[C@@H]2OC(=O)c1ccccc1. The summed E-state index contributed by atoms with van der Waals surface area (Å²) in [7, 11) is 5.85. The molecule has 4 aromatic rings. The zero-order valence-corrected chi connectivity index (χ0v) is 27.4. The molecule has 2 aliphatic rings. The van der Waals surface area contributed by atoms with Crippen LogP contribution in [0.3, 0.4) is 0 Å². The molecule has 6 rings (SSSR count). The van der Waals surface area contributed by atoms with Crippen LogP contribution in [0, 0.1) is 5.92 Å². The molecule has 11 heteroatoms. The average Bonchev–Trinajstić information content (AvgIpc) is 3.59. The third-order valence-electron chi connectivity index (χ3n) is 8.94. The Bertz CT molecular complexity index is 1840. The second kappa shape index (κ2) is 13.0. The van der Waals surface area contributed by atoms with E-state index in [0.29, 0.717) is 39.3 Å². The predicted octanol–water partition coefficient (Wildman–Crippen LogP) is 6.31. The molecule has 0 amide bonds. The normalized spacial score (nSPS) is 20.7. The Labute approximate surface area is 277 Å². The van der Waals surface area contributed by atoms with Crippen LogP contribution in [0.2, 0.25) is 0 Å². The molecule has 1 aliphatic carbocycles. The van der Waals surface area contributed by atoms with Crippen molar-refractivity contribution >= 4 is 11.9 Å². The van der Waals surface area contributed by atoms with Crippen molar-refractivity contribution in [1.29, 1.82) is 0 Å². The van der Waals surface area contributed by atoms with Crippen LogP contribution >= 0.6 is 0 Å². The first-order chi connectivity index (χ1) is 23.2. The molecule has 4 aromatic carbocycles. The standard InChI is InChI=1S/C37H36O11/c1-20-29(47-35(38)21-13-9-7-10-14-21)23-17-26-31(46-19-45-26)33(44-6)27(23)28-24(18-25(41-3)30(42-4)32(28)43-5)34(37(20,2)40)48-36(39)22-15-11-8-12-16-22/h7-18,20,29,34,40H,19H2,1-6H3/t20-,29-,34+,37-/m0/s1. The van der Waals surface area contributed by atoms with E-state index in [0.717, 1.165) is 0 Å². The Morgan fingerprint density at radius 2 is 1.29 bits per heavy atom. The van der Waals surface area contributed by atoms with E-state index in [1.54, 1.807) is 79.7 Å². The first-order valence-corrected chi connectivity index (χ1v) is 15.2. The highest BCUT2D eigenvalue weighted by atomic mass is 16.7. The predicted molar refractivity (Wildman–Crippen MR) is 173 cm³/mol. The summed E-state index contributed by atoms with van der Waals surface area (Å²) < 4.78 is 47.7. The summed E-state index contributed by atoms with van der Waals surface area (Å²) in [5, 5.41) is 12.6. The summed E-state index contributed by atoms with van der Waals surface area (Å²) in [4.78, 5) is 27.5. The zero-order chi connectivity index (χ0) is 34.2. The smallest absolute Gasteiger partial charge is 0.338 e. The Balaban J connectivity index is 1.71. The molecule has 0 unspecified atom stereocenters. The number of aliphatic hydroxyl groups is 1. The third kappa shape index (κ3) is 5.39. The fraction of sp³-hybridized carbons (Fsp3) is 0.297. The summed E-state index contributed by atoms with van der Waals surface area (Å²) in [6.45, 7) is 3.17. The molecule has 0 radical (unpaired) electrons. The minimum Gasteiger partial charge on any atom is -0.493 e. The first-order valence-electron chi connectivity index (χ1n) is 15.2. The Hall–Kier alpha value is -5.42. The van der Waals surface area contributed by atoms with E-state index >= 15 is 0 Å². The van der Waals surface area contributed by atoms with Crippen molar-refractivity contribution in [2.75, 3.05) is 35.2 Å². The van der Waals surface area contributed by atoms with Crippen molar-refractivity contribution < 1.29 is 52.6 Å². The molecular weight excluding hydrogens is 620 g/mol. The lowest BCUT2D eigenvalue weighted by molar-refractivity contribution is -0.135. The number of ether oxygens (including phenoxy) is 8. The van der Waals surface area contributed by atoms with Crippen LogP contribution in [0.1, 0.15) is 57.9 Å². The van der Waals surface area contributed by atoms with Gasteiger partial charge in [-0.1, -0.05) is 43.3 Å². The van der Waals surface area contributed by atoms with Crippen molar-refractivity contribution in [3.63, 3.8) is 0 Å². The number of esters is 2. The number of fused-ring (bicyclic) bond motifs is 4. The van der Waals surface area contributed by atoms with Crippen LogP contribution in [-0.4, -0.2) is 57.9 Å². The largest absolute Gasteiger partial charge is 0.493 e. The van der Waals surface area contributed by atoms with Gasteiger partial charge in [-0.3, -0.25) is 0 Å². The average molecular weight is 657 g/mol. The van der Waals surface area contributed by atoms with Gasteiger partial charge < -0.3 is 43.0 Å². The molecule has 0 bridgehead atoms. The van der Waals surface area contributed by atoms with E-state index < -0.39 is 35.7 Å². The van der Waals surface area contributed by atoms with Crippen molar-refractivity contribution in [1.82, 2.24) is 0 Å². The second-order valence-electron chi connectivity index (χ2n) is 11.6. The van der Waals surface area contributed by atoms with Gasteiger partial charge in [0.2, 0.25) is 18.3 Å². The molecule has 1 N–H and O–H groups in total. The highest BCUT2D eigenvalue weighted by molar-refractivity contribution is 5.93. The third-order valence-corrected chi connectivity index (χ3v) is 8.94. The van der Waals surface area contributed by atoms with Gasteiger partial charge in [-0.05, 0) is 43.3 Å². The van der Waals surface area contributed by atoms with Crippen LogP contribution in [0.4, 0.5) is 0 Å². The second-order valence-corrected chi connectivity index (χ2v) is 11.6. The van der Waals surface area contributed by atoms with Gasteiger partial charge in [0, 0.05) is 28.2 Å². The molecule has 4 atom stereocenters. The lowest BCUT2D eigenvalue weighted by Gasteiger charge is -2.44. The first kappa shape index (κ1) is 32.5. The lowest BCUT2D eigenvalue weighted by atomic mass is 9.71. The molecule has 48 heavy (non-hydrogen) atoms. The summed E-state index contributed by atoms with van der Waals surface area (Å²) in [5.74, 6) is -0.659. The maximum absolute atomic E-state index is 13.7. The summed E-state index contributed by atoms with van der Waals surface area (Å²) in [6.07, 6.45) is -2.51. The molecule has 0 saturated carbocycles. The van der Waals surface area contributed by atoms with Crippen LogP contribution in [0.5, 0.6) is 34.5 Å². The Kier molecular flexibility index (Phi) is 8.81. The van der Waals surface area contributed by atoms with Gasteiger partial charge in [-0.2, -0.15) is 0 Å². The van der Waals surface area contributed by atoms with Gasteiger partial charge in [0.05, 0.1) is 39.6 Å². The highest BCUT2D eigenvalue weighted by Gasteiger charge is 2.51. The van der Waals surface area contributed by atoms with Gasteiger partial charge in [-0.15, -0.1) is 0 Å². The minimum atomic E-state index is -1.88. The van der Waals surface area contributed by atoms with E-state index in [4.69, 9.17) is 37.9 Å². The molecule has 0 saturated heterocycles. The highest BCUT2D eigenvalue weighted by Crippen LogP contribution is 2.61. The van der Waals surface area contributed by atoms with Crippen molar-refractivity contribution in [3.8, 4) is 45.6 Å². The number of rotatable bonds is 8. The minimum absolute atomic E-state index is 0.0798. The number of benzene rings is 4. The summed E-state index contributed by atoms with van der Waals surface area (Å²) in [6, 6.07) is 20.3. The molecule has 0 aromatic heterocycles. The van der Waals surface area contributed by atoms with Crippen LogP contribution in [-0.2, 0) is 9.47 Å². The molecular formula is C37H36O11. The summed E-state index contributed by atoms with van der Waals surface area (Å²) in [5.41, 5.74) is 0.155. The van der Waals surface area contributed by atoms with Crippen LogP contribution in [0.15, 0.2) is 72.8 Å². The van der Waals surface area contributed by atoms with Crippen LogP contribution < -0.4 is 28.4 Å². The lowest BCUT2D eigenvalue weighted by Crippen LogP contribution is -2.46. The maximum Gasteiger partial charge on any atom is 0.338 e. The van der Waals surface area contributed by atoms with Crippen molar-refractivity contribution in [2.45, 2.75) is 31.7 Å². The quantitative estimate of drug-likeness (QED) is 0.214. The molecule has 0 fully saturated rings. The number of methoxy groups -OCH3 is 4. The van der Waals surface area contributed by atoms with Gasteiger partial charge in [0.25, 0.3) is 0 Å². The van der Waals surface area contributed by atoms with E-state index in [1.165, 1.54) is 35.4 Å². The van der Waals surface area contributed by atoms with E-state index in [1.807, 2.05) is 0 Å². The fourth-order valence-electron chi connectivity index (χ4n) is 6.33. The van der Waals surface area contributed by atoms with Gasteiger partial charge >= 0.3 is 11.9 Å². The van der Waals surface area contributed by atoms with E-state index in [-0.39, 0.29) is 35.4 Å². The van der Waals surface area contributed by atoms with Crippen LogP contribution in [0.25, 0.3) is 11.1 Å². The number of hydrogen-bond donors (Lipinski definition) is 1. The Morgan fingerprint density at radius 1 is 0.729 bits per heavy atom. The fourth-order valence-corrected chi connectivity index (χ4v) is 6.33. The number of hydrogen-bond acceptors (Lipinski definition) is 11. The number of carbonyl (C=O) groups is 2. The van der Waals surface area contributed by atoms with Gasteiger partial charge in [0.1, 0.15) is 11.7 Å². The molecule has 1 heterocycles. The molecule has 0 spiro atoms. The van der Waals surface area contributed by atoms with E-state index in [9.17, 15) is 14.7 Å². The van der Waals surface area contributed by atoms with Crippen molar-refractivity contribution in [2.24, 2.45) is 5.92 Å². The van der Waals surface area contributed by atoms with Gasteiger partial charge in [0.15, 0.2) is 29.1 Å².